The summed E-state index contributed by atoms with van der Waals surface area (Å²) in [5.41, 5.74) is 2.40. The van der Waals surface area contributed by atoms with Crippen LogP contribution in [0.2, 0.25) is 0 Å². The number of aromatic nitrogens is 3. The largest absolute Gasteiger partial charge is 0.480 e. The zero-order valence-electron chi connectivity index (χ0n) is 15.7. The molecule has 6 heteroatoms. The molecule has 1 aliphatic heterocycles. The zero-order valence-corrected chi connectivity index (χ0v) is 15.7. The minimum absolute atomic E-state index is 0.535. The van der Waals surface area contributed by atoms with Crippen molar-refractivity contribution in [2.75, 3.05) is 13.7 Å². The summed E-state index contributed by atoms with van der Waals surface area (Å²) in [4.78, 5) is 4.33. The normalized spacial score (nSPS) is 16.9. The van der Waals surface area contributed by atoms with Gasteiger partial charge in [-0.3, -0.25) is 0 Å². The molecule has 0 spiro atoms. The van der Waals surface area contributed by atoms with E-state index in [0.717, 1.165) is 34.1 Å². The minimum atomic E-state index is 0.535. The highest BCUT2D eigenvalue weighted by Crippen LogP contribution is 2.28. The van der Waals surface area contributed by atoms with E-state index in [4.69, 9.17) is 9.15 Å². The second-order valence-electron chi connectivity index (χ2n) is 6.79. The van der Waals surface area contributed by atoms with E-state index in [9.17, 15) is 0 Å². The van der Waals surface area contributed by atoms with Gasteiger partial charge in [-0.1, -0.05) is 24.6 Å². The van der Waals surface area contributed by atoms with Crippen LogP contribution in [0.1, 0.15) is 26.2 Å². The summed E-state index contributed by atoms with van der Waals surface area (Å²) in [7, 11) is 1.59. The third-order valence-electron chi connectivity index (χ3n) is 4.78. The molecule has 0 bridgehead atoms. The van der Waals surface area contributed by atoms with Crippen molar-refractivity contribution >= 4 is 16.6 Å². The summed E-state index contributed by atoms with van der Waals surface area (Å²) >= 11 is 0. The number of furan rings is 1. The summed E-state index contributed by atoms with van der Waals surface area (Å²) in [6.45, 7) is 3.49. The van der Waals surface area contributed by atoms with Gasteiger partial charge in [-0.15, -0.1) is 5.10 Å². The molecule has 1 unspecified atom stereocenters. The van der Waals surface area contributed by atoms with Crippen LogP contribution in [0.5, 0.6) is 5.88 Å². The summed E-state index contributed by atoms with van der Waals surface area (Å²) in [6, 6.07) is 14.3. The third kappa shape index (κ3) is 3.80. The molecule has 3 aromatic heterocycles. The van der Waals surface area contributed by atoms with Gasteiger partial charge < -0.3 is 14.5 Å². The van der Waals surface area contributed by atoms with Crippen molar-refractivity contribution in [3.8, 4) is 17.3 Å². The first-order valence-electron chi connectivity index (χ1n) is 9.36. The maximum absolute atomic E-state index is 5.85. The molecule has 5 rings (SSSR count). The molecule has 0 amide bonds. The zero-order chi connectivity index (χ0) is 18.6. The molecule has 1 fully saturated rings. The second kappa shape index (κ2) is 7.80. The molecular formula is C21H24N4O2. The molecular weight excluding hydrogens is 340 g/mol. The number of imidazole rings is 1. The first-order valence-corrected chi connectivity index (χ1v) is 9.36. The van der Waals surface area contributed by atoms with Crippen molar-refractivity contribution in [3.05, 3.63) is 48.7 Å². The Kier molecular flexibility index (Phi) is 5.07. The van der Waals surface area contributed by atoms with Crippen molar-refractivity contribution in [3.63, 3.8) is 0 Å². The lowest BCUT2D eigenvalue weighted by Crippen LogP contribution is -2.30. The third-order valence-corrected chi connectivity index (χ3v) is 4.78. The molecule has 0 saturated carbocycles. The lowest BCUT2D eigenvalue weighted by atomic mass is 10.1. The summed E-state index contributed by atoms with van der Waals surface area (Å²) in [5.74, 6) is 1.27. The lowest BCUT2D eigenvalue weighted by molar-refractivity contribution is 0.390. The Balaban J connectivity index is 0.000000218. The first kappa shape index (κ1) is 17.5. The number of hydrogen-bond donors (Lipinski definition) is 1. The van der Waals surface area contributed by atoms with Crippen LogP contribution in [-0.2, 0) is 0 Å². The number of benzene rings is 1. The van der Waals surface area contributed by atoms with Gasteiger partial charge in [0, 0.05) is 17.5 Å². The predicted molar refractivity (Wildman–Crippen MR) is 106 cm³/mol. The van der Waals surface area contributed by atoms with E-state index in [2.05, 4.69) is 22.3 Å². The highest BCUT2D eigenvalue weighted by molar-refractivity contribution is 5.82. The molecule has 1 aliphatic rings. The Hall–Kier alpha value is -2.86. The number of methoxy groups -OCH3 is 1. The Labute approximate surface area is 158 Å². The van der Waals surface area contributed by atoms with Crippen LogP contribution in [0.3, 0.4) is 0 Å². The van der Waals surface area contributed by atoms with E-state index in [0.29, 0.717) is 5.88 Å². The molecule has 140 valence electrons. The van der Waals surface area contributed by atoms with Crippen LogP contribution < -0.4 is 10.1 Å². The number of nitrogens with zero attached hydrogens (tertiary/aromatic N) is 3. The Bertz CT molecular complexity index is 998. The smallest absolute Gasteiger partial charge is 0.231 e. The van der Waals surface area contributed by atoms with Gasteiger partial charge in [0.25, 0.3) is 0 Å². The van der Waals surface area contributed by atoms with Crippen molar-refractivity contribution in [1.82, 2.24) is 19.9 Å². The Morgan fingerprint density at radius 3 is 2.78 bits per heavy atom. The molecule has 27 heavy (non-hydrogen) atoms. The van der Waals surface area contributed by atoms with Crippen LogP contribution in [0.4, 0.5) is 0 Å². The number of rotatable bonds is 2. The lowest BCUT2D eigenvalue weighted by Gasteiger charge is -2.18. The average molecular weight is 364 g/mol. The fraction of sp³-hybridized carbons (Fsp3) is 0.333. The van der Waals surface area contributed by atoms with E-state index in [1.807, 2.05) is 36.4 Å². The van der Waals surface area contributed by atoms with Gasteiger partial charge in [0.05, 0.1) is 13.3 Å². The molecule has 1 aromatic carbocycles. The van der Waals surface area contributed by atoms with Gasteiger partial charge in [-0.05, 0) is 44.5 Å². The fourth-order valence-electron chi connectivity index (χ4n) is 3.27. The van der Waals surface area contributed by atoms with Gasteiger partial charge in [0.1, 0.15) is 11.3 Å². The Morgan fingerprint density at radius 2 is 2.07 bits per heavy atom. The van der Waals surface area contributed by atoms with Crippen molar-refractivity contribution < 1.29 is 9.15 Å². The van der Waals surface area contributed by atoms with Gasteiger partial charge in [-0.2, -0.15) is 0 Å². The average Bonchev–Trinajstić information content (AvgIpc) is 3.32. The van der Waals surface area contributed by atoms with Crippen LogP contribution in [0.25, 0.3) is 28.1 Å². The Morgan fingerprint density at radius 1 is 1.19 bits per heavy atom. The van der Waals surface area contributed by atoms with E-state index < -0.39 is 0 Å². The van der Waals surface area contributed by atoms with Gasteiger partial charge in [0.2, 0.25) is 5.88 Å². The molecule has 4 heterocycles. The molecule has 1 N–H and O–H groups in total. The highest BCUT2D eigenvalue weighted by Gasteiger charge is 2.12. The van der Waals surface area contributed by atoms with Crippen molar-refractivity contribution in [2.45, 2.75) is 32.2 Å². The summed E-state index contributed by atoms with van der Waals surface area (Å²) in [5, 5.41) is 8.81. The highest BCUT2D eigenvalue weighted by atomic mass is 16.5. The number of para-hydroxylation sites is 1. The maximum Gasteiger partial charge on any atom is 0.231 e. The number of ether oxygens (including phenoxy) is 1. The van der Waals surface area contributed by atoms with Crippen LogP contribution in [-0.4, -0.2) is 34.3 Å². The molecule has 0 radical (unpaired) electrons. The SMILES string of the molecule is CC1CCCCN1.COc1ccc2ncc(-c3cc4ccccc4o3)n2n1. The molecule has 1 saturated heterocycles. The van der Waals surface area contributed by atoms with Gasteiger partial charge in [-0.25, -0.2) is 9.50 Å². The molecule has 4 aromatic rings. The van der Waals surface area contributed by atoms with E-state index in [1.54, 1.807) is 23.9 Å². The number of hydrogen-bond acceptors (Lipinski definition) is 5. The quantitative estimate of drug-likeness (QED) is 0.574. The second-order valence-corrected chi connectivity index (χ2v) is 6.79. The number of piperidine rings is 1. The molecule has 1 atom stereocenters. The molecule has 0 aliphatic carbocycles. The number of fused-ring (bicyclic) bond motifs is 2. The van der Waals surface area contributed by atoms with Gasteiger partial charge in [0.15, 0.2) is 11.4 Å². The van der Waals surface area contributed by atoms with E-state index >= 15 is 0 Å². The predicted octanol–water partition coefficient (Wildman–Crippen LogP) is 4.30. The van der Waals surface area contributed by atoms with E-state index in [-0.39, 0.29) is 0 Å². The van der Waals surface area contributed by atoms with Crippen LogP contribution >= 0.6 is 0 Å². The van der Waals surface area contributed by atoms with E-state index in [1.165, 1.54) is 25.8 Å². The van der Waals surface area contributed by atoms with Crippen LogP contribution in [0.15, 0.2) is 53.1 Å². The molecule has 6 nitrogen and oxygen atoms in total. The minimum Gasteiger partial charge on any atom is -0.480 e. The fourth-order valence-corrected chi connectivity index (χ4v) is 3.27. The monoisotopic (exact) mass is 364 g/mol. The number of nitrogens with one attached hydrogen (secondary N) is 1. The summed E-state index contributed by atoms with van der Waals surface area (Å²) in [6.07, 6.45) is 5.93. The summed E-state index contributed by atoms with van der Waals surface area (Å²) < 4.78 is 12.7. The van der Waals surface area contributed by atoms with Crippen molar-refractivity contribution in [1.29, 1.82) is 0 Å². The van der Waals surface area contributed by atoms with Crippen molar-refractivity contribution in [2.24, 2.45) is 0 Å². The standard InChI is InChI=1S/C15H11N3O2.C6H13N/c1-19-15-7-6-14-16-9-11(18(14)17-15)13-8-10-4-2-3-5-12(10)20-13;1-6-4-2-3-5-7-6/h2-9H,1H3;6-7H,2-5H2,1H3. The van der Waals surface area contributed by atoms with Gasteiger partial charge >= 0.3 is 0 Å². The topological polar surface area (TPSA) is 64.6 Å². The van der Waals surface area contributed by atoms with Crippen LogP contribution in [0, 0.1) is 0 Å². The maximum atomic E-state index is 5.85. The first-order chi connectivity index (χ1) is 13.2.